The third kappa shape index (κ3) is 6.12. The molecule has 0 saturated carbocycles. The number of amides is 1. The van der Waals surface area contributed by atoms with Gasteiger partial charge in [0.1, 0.15) is 5.82 Å². The van der Waals surface area contributed by atoms with Crippen LogP contribution in [0.15, 0.2) is 23.3 Å². The first kappa shape index (κ1) is 21.0. The minimum atomic E-state index is 0.223. The fourth-order valence-corrected chi connectivity index (χ4v) is 3.26. The maximum absolute atomic E-state index is 11.8. The quantitative estimate of drug-likeness (QED) is 0.538. The number of nitrogens with one attached hydrogen (secondary N) is 2. The number of rotatable bonds is 8. The van der Waals surface area contributed by atoms with E-state index in [1.54, 1.807) is 0 Å². The molecule has 0 radical (unpaired) electrons. The first-order chi connectivity index (χ1) is 13.1. The summed E-state index contributed by atoms with van der Waals surface area (Å²) in [6.07, 6.45) is 3.42. The molecule has 1 unspecified atom stereocenters. The van der Waals surface area contributed by atoms with Gasteiger partial charge in [0.05, 0.1) is 6.54 Å². The minimum absolute atomic E-state index is 0.223. The third-order valence-electron chi connectivity index (χ3n) is 4.84. The highest BCUT2D eigenvalue weighted by molar-refractivity contribution is 5.80. The average molecular weight is 375 g/mol. The van der Waals surface area contributed by atoms with Crippen LogP contribution in [0.5, 0.6) is 0 Å². The highest BCUT2D eigenvalue weighted by Gasteiger charge is 2.25. The van der Waals surface area contributed by atoms with Gasteiger partial charge < -0.3 is 20.4 Å². The number of hydrogen-bond donors (Lipinski definition) is 2. The number of carbonyl (C=O) groups is 1. The number of anilines is 1. The number of pyridine rings is 1. The summed E-state index contributed by atoms with van der Waals surface area (Å²) >= 11 is 0. The Morgan fingerprint density at radius 1 is 1.30 bits per heavy atom. The Labute approximate surface area is 163 Å². The van der Waals surface area contributed by atoms with Crippen LogP contribution in [0.4, 0.5) is 5.82 Å². The van der Waals surface area contributed by atoms with Crippen molar-refractivity contribution < 1.29 is 4.79 Å². The predicted molar refractivity (Wildman–Crippen MR) is 111 cm³/mol. The molecule has 2 heterocycles. The molecule has 27 heavy (non-hydrogen) atoms. The molecule has 2 N–H and O–H groups in total. The van der Waals surface area contributed by atoms with Crippen molar-refractivity contribution in [3.8, 4) is 0 Å². The van der Waals surface area contributed by atoms with Gasteiger partial charge in [0.25, 0.3) is 0 Å². The van der Waals surface area contributed by atoms with Crippen LogP contribution in [0.3, 0.4) is 0 Å². The molecular weight excluding hydrogens is 340 g/mol. The smallest absolute Gasteiger partial charge is 0.222 e. The van der Waals surface area contributed by atoms with E-state index in [1.165, 1.54) is 0 Å². The summed E-state index contributed by atoms with van der Waals surface area (Å²) in [4.78, 5) is 25.2. The number of hydrogen-bond acceptors (Lipinski definition) is 4. The van der Waals surface area contributed by atoms with Crippen LogP contribution in [0.25, 0.3) is 0 Å². The van der Waals surface area contributed by atoms with Crippen LogP contribution in [-0.4, -0.2) is 60.5 Å². The number of aliphatic imine (C=N–C) groups is 1. The van der Waals surface area contributed by atoms with Crippen LogP contribution >= 0.6 is 0 Å². The minimum Gasteiger partial charge on any atom is -0.357 e. The Balaban J connectivity index is 1.94. The molecular formula is C20H34N6O. The van der Waals surface area contributed by atoms with E-state index in [4.69, 9.17) is 0 Å². The van der Waals surface area contributed by atoms with Gasteiger partial charge in [0.2, 0.25) is 5.91 Å². The zero-order valence-electron chi connectivity index (χ0n) is 17.2. The summed E-state index contributed by atoms with van der Waals surface area (Å²) < 4.78 is 0. The molecule has 1 amide bonds. The number of guanidine groups is 1. The van der Waals surface area contributed by atoms with Crippen LogP contribution in [-0.2, 0) is 11.3 Å². The van der Waals surface area contributed by atoms with Crippen molar-refractivity contribution in [1.29, 1.82) is 0 Å². The lowest BCUT2D eigenvalue weighted by molar-refractivity contribution is -0.129. The Hall–Kier alpha value is -2.31. The second kappa shape index (κ2) is 10.7. The summed E-state index contributed by atoms with van der Waals surface area (Å²) in [7, 11) is 0. The molecule has 1 saturated heterocycles. The highest BCUT2D eigenvalue weighted by Crippen LogP contribution is 2.12. The van der Waals surface area contributed by atoms with E-state index in [9.17, 15) is 4.79 Å². The summed E-state index contributed by atoms with van der Waals surface area (Å²) in [6.45, 7) is 13.1. The molecule has 0 aliphatic carbocycles. The van der Waals surface area contributed by atoms with Crippen molar-refractivity contribution in [1.82, 2.24) is 20.5 Å². The molecule has 7 nitrogen and oxygen atoms in total. The second-order valence-corrected chi connectivity index (χ2v) is 6.72. The number of nitrogens with zero attached hydrogens (tertiary/aromatic N) is 4. The summed E-state index contributed by atoms with van der Waals surface area (Å²) in [5, 5.41) is 6.75. The second-order valence-electron chi connectivity index (χ2n) is 6.72. The van der Waals surface area contributed by atoms with Gasteiger partial charge in [-0.05, 0) is 38.8 Å². The van der Waals surface area contributed by atoms with Crippen LogP contribution in [0.2, 0.25) is 0 Å². The number of aromatic nitrogens is 1. The molecule has 150 valence electrons. The normalized spacial score (nSPS) is 17.1. The Morgan fingerprint density at radius 3 is 2.67 bits per heavy atom. The molecule has 2 rings (SSSR count). The lowest BCUT2D eigenvalue weighted by Gasteiger charge is -2.20. The van der Waals surface area contributed by atoms with E-state index in [1.807, 2.05) is 18.0 Å². The van der Waals surface area contributed by atoms with Crippen molar-refractivity contribution >= 4 is 17.7 Å². The summed E-state index contributed by atoms with van der Waals surface area (Å²) in [5.74, 6) is 2.02. The molecule has 0 aromatic carbocycles. The molecule has 1 aliphatic rings. The van der Waals surface area contributed by atoms with Crippen LogP contribution in [0, 0.1) is 0 Å². The molecule has 0 bridgehead atoms. The largest absolute Gasteiger partial charge is 0.357 e. The maximum atomic E-state index is 11.8. The van der Waals surface area contributed by atoms with Crippen LogP contribution < -0.4 is 15.5 Å². The molecule has 1 fully saturated rings. The van der Waals surface area contributed by atoms with Gasteiger partial charge in [-0.15, -0.1) is 0 Å². The van der Waals surface area contributed by atoms with Gasteiger partial charge in [0, 0.05) is 51.4 Å². The predicted octanol–water partition coefficient (Wildman–Crippen LogP) is 1.99. The molecule has 1 aromatic heterocycles. The zero-order valence-corrected chi connectivity index (χ0v) is 17.2. The van der Waals surface area contributed by atoms with Crippen molar-refractivity contribution in [2.24, 2.45) is 4.99 Å². The number of carbonyl (C=O) groups excluding carboxylic acids is 1. The van der Waals surface area contributed by atoms with Gasteiger partial charge >= 0.3 is 0 Å². The van der Waals surface area contributed by atoms with Gasteiger partial charge in [-0.3, -0.25) is 4.79 Å². The molecule has 1 aromatic rings. The first-order valence-electron chi connectivity index (χ1n) is 10.1. The van der Waals surface area contributed by atoms with Gasteiger partial charge in [0.15, 0.2) is 5.96 Å². The van der Waals surface area contributed by atoms with Gasteiger partial charge in [-0.1, -0.05) is 13.0 Å². The molecule has 7 heteroatoms. The van der Waals surface area contributed by atoms with Crippen molar-refractivity contribution in [3.05, 3.63) is 23.9 Å². The van der Waals surface area contributed by atoms with E-state index < -0.39 is 0 Å². The monoisotopic (exact) mass is 374 g/mol. The van der Waals surface area contributed by atoms with Crippen molar-refractivity contribution in [2.45, 2.75) is 53.1 Å². The Bertz CT molecular complexity index is 611. The van der Waals surface area contributed by atoms with Crippen molar-refractivity contribution in [2.75, 3.05) is 37.6 Å². The number of likely N-dealkylation sites (tertiary alicyclic amines) is 1. The lowest BCUT2D eigenvalue weighted by atomic mass is 10.2. The lowest BCUT2D eigenvalue weighted by Crippen LogP contribution is -2.45. The zero-order chi connectivity index (χ0) is 19.6. The molecule has 0 spiro atoms. The fraction of sp³-hybridized carbons (Fsp3) is 0.650. The Morgan fingerprint density at radius 2 is 2.07 bits per heavy atom. The van der Waals surface area contributed by atoms with Gasteiger partial charge in [-0.25, -0.2) is 9.98 Å². The van der Waals surface area contributed by atoms with E-state index in [0.717, 1.165) is 56.5 Å². The van der Waals surface area contributed by atoms with E-state index in [0.29, 0.717) is 13.0 Å². The summed E-state index contributed by atoms with van der Waals surface area (Å²) in [6, 6.07) is 4.40. The van der Waals surface area contributed by atoms with E-state index in [-0.39, 0.29) is 11.9 Å². The van der Waals surface area contributed by atoms with E-state index in [2.05, 4.69) is 58.4 Å². The topological polar surface area (TPSA) is 72.9 Å². The fourth-order valence-electron chi connectivity index (χ4n) is 3.26. The van der Waals surface area contributed by atoms with Crippen LogP contribution in [0.1, 0.15) is 46.1 Å². The first-order valence-corrected chi connectivity index (χ1v) is 10.1. The SMILES string of the molecule is CCNC(=NCc1ccc(N(CC)CC)nc1)NC1CCN(C(=O)CC)C1. The highest BCUT2D eigenvalue weighted by atomic mass is 16.2. The maximum Gasteiger partial charge on any atom is 0.222 e. The third-order valence-corrected chi connectivity index (χ3v) is 4.84. The van der Waals surface area contributed by atoms with E-state index >= 15 is 0 Å². The Kier molecular flexibility index (Phi) is 8.36. The van der Waals surface area contributed by atoms with Gasteiger partial charge in [-0.2, -0.15) is 0 Å². The summed E-state index contributed by atoms with van der Waals surface area (Å²) in [5.41, 5.74) is 1.08. The average Bonchev–Trinajstić information content (AvgIpc) is 3.16. The molecule has 1 aliphatic heterocycles. The van der Waals surface area contributed by atoms with Crippen molar-refractivity contribution in [3.63, 3.8) is 0 Å². The molecule has 1 atom stereocenters. The standard InChI is InChI=1S/C20H34N6O/c1-5-19(27)26-12-11-17(15-26)24-20(21-6-2)23-14-16-9-10-18(22-13-16)25(7-3)8-4/h9-10,13,17H,5-8,11-12,14-15H2,1-4H3,(H2,21,23,24).